The molecule has 3 fully saturated rings. The minimum absolute atomic E-state index is 0.0241. The minimum Gasteiger partial charge on any atom is -0.469 e. The van der Waals surface area contributed by atoms with Gasteiger partial charge in [-0.2, -0.15) is 5.26 Å². The molecule has 8 heteroatoms. The fraction of sp³-hybridized carbons (Fsp3) is 0.485. The molecule has 6 rings (SSSR count). The monoisotopic (exact) mass is 572 g/mol. The van der Waals surface area contributed by atoms with Crippen LogP contribution in [-0.2, 0) is 16.1 Å². The number of fused-ring (bicyclic) bond motifs is 1. The van der Waals surface area contributed by atoms with Crippen LogP contribution in [0, 0.1) is 23.2 Å². The van der Waals surface area contributed by atoms with Gasteiger partial charge in [0.2, 0.25) is 0 Å². The van der Waals surface area contributed by atoms with E-state index in [0.717, 1.165) is 61.8 Å². The van der Waals surface area contributed by atoms with Crippen LogP contribution in [0.25, 0.3) is 10.9 Å². The number of hydrogen-bond donors (Lipinski definition) is 0. The second-order valence-electron chi connectivity index (χ2n) is 11.8. The lowest BCUT2D eigenvalue weighted by Gasteiger charge is -2.57. The van der Waals surface area contributed by atoms with E-state index in [1.54, 1.807) is 0 Å². The Morgan fingerprint density at radius 2 is 1.90 bits per heavy atom. The normalized spacial score (nSPS) is 24.1. The highest BCUT2D eigenvalue weighted by Gasteiger charge is 2.49. The number of likely N-dealkylation sites (tertiary alicyclic amines) is 1. The molecule has 3 saturated heterocycles. The zero-order valence-corrected chi connectivity index (χ0v) is 24.4. The third kappa shape index (κ3) is 5.36. The van der Waals surface area contributed by atoms with Gasteiger partial charge in [-0.05, 0) is 93.3 Å². The van der Waals surface area contributed by atoms with E-state index in [2.05, 4.69) is 15.9 Å². The van der Waals surface area contributed by atoms with Gasteiger partial charge in [0, 0.05) is 42.0 Å². The smallest absolute Gasteiger partial charge is 0.305 e. The Morgan fingerprint density at radius 3 is 2.71 bits per heavy atom. The van der Waals surface area contributed by atoms with Gasteiger partial charge >= 0.3 is 5.97 Å². The average molecular weight is 573 g/mol. The summed E-state index contributed by atoms with van der Waals surface area (Å²) in [5.41, 5.74) is 2.97. The van der Waals surface area contributed by atoms with Gasteiger partial charge in [0.25, 0.3) is 5.91 Å². The van der Waals surface area contributed by atoms with Gasteiger partial charge in [-0.15, -0.1) is 0 Å². The number of piperidine rings is 3. The molecule has 0 aliphatic carbocycles. The molecule has 4 heterocycles. The number of carbonyl (C=O) groups excluding carboxylic acids is 2. The molecule has 214 valence electrons. The van der Waals surface area contributed by atoms with Crippen molar-refractivity contribution in [2.45, 2.75) is 63.6 Å². The van der Waals surface area contributed by atoms with Crippen molar-refractivity contribution in [3.8, 4) is 6.07 Å². The molecule has 4 atom stereocenters. The first kappa shape index (κ1) is 27.8. The summed E-state index contributed by atoms with van der Waals surface area (Å²) in [6.07, 6.45) is 6.42. The Balaban J connectivity index is 1.40. The van der Waals surface area contributed by atoms with E-state index in [4.69, 9.17) is 16.3 Å². The third-order valence-corrected chi connectivity index (χ3v) is 9.83. The van der Waals surface area contributed by atoms with Gasteiger partial charge in [0.1, 0.15) is 5.69 Å². The number of nitriles is 1. The van der Waals surface area contributed by atoms with Crippen molar-refractivity contribution < 1.29 is 14.3 Å². The van der Waals surface area contributed by atoms with Crippen LogP contribution in [0.1, 0.15) is 66.6 Å². The number of esters is 1. The molecule has 1 amide bonds. The summed E-state index contributed by atoms with van der Waals surface area (Å²) in [5.74, 6) is 0.682. The molecule has 3 aromatic rings. The third-order valence-electron chi connectivity index (χ3n) is 9.59. The quantitative estimate of drug-likeness (QED) is 0.331. The van der Waals surface area contributed by atoms with Crippen molar-refractivity contribution in [2.75, 3.05) is 26.7 Å². The van der Waals surface area contributed by atoms with Crippen LogP contribution in [0.3, 0.4) is 0 Å². The summed E-state index contributed by atoms with van der Waals surface area (Å²) < 4.78 is 6.95. The van der Waals surface area contributed by atoms with E-state index >= 15 is 0 Å². The molecule has 0 N–H and O–H groups in total. The van der Waals surface area contributed by atoms with Crippen molar-refractivity contribution in [2.24, 2.45) is 11.8 Å². The second-order valence-corrected chi connectivity index (χ2v) is 12.3. The zero-order chi connectivity index (χ0) is 28.5. The number of rotatable bonds is 7. The van der Waals surface area contributed by atoms with Gasteiger partial charge in [-0.1, -0.05) is 35.9 Å². The molecule has 0 saturated carbocycles. The van der Waals surface area contributed by atoms with Crippen LogP contribution in [0.2, 0.25) is 5.02 Å². The second kappa shape index (κ2) is 11.9. The molecule has 0 spiro atoms. The number of halogens is 1. The van der Waals surface area contributed by atoms with Crippen molar-refractivity contribution in [1.82, 2.24) is 14.4 Å². The summed E-state index contributed by atoms with van der Waals surface area (Å²) in [6, 6.07) is 18.1. The molecule has 0 unspecified atom stereocenters. The highest BCUT2D eigenvalue weighted by atomic mass is 35.5. The van der Waals surface area contributed by atoms with Crippen molar-refractivity contribution >= 4 is 34.4 Å². The fourth-order valence-corrected chi connectivity index (χ4v) is 7.98. The lowest BCUT2D eigenvalue weighted by Crippen LogP contribution is -2.65. The van der Waals surface area contributed by atoms with Gasteiger partial charge in [-0.25, -0.2) is 0 Å². The first-order chi connectivity index (χ1) is 20.0. The highest BCUT2D eigenvalue weighted by molar-refractivity contribution is 6.31. The van der Waals surface area contributed by atoms with Crippen LogP contribution in [0.15, 0.2) is 48.5 Å². The average Bonchev–Trinajstić information content (AvgIpc) is 3.35. The zero-order valence-electron chi connectivity index (χ0n) is 23.6. The van der Waals surface area contributed by atoms with Crippen LogP contribution in [0.5, 0.6) is 0 Å². The molecule has 1 aromatic heterocycles. The van der Waals surface area contributed by atoms with E-state index in [1.807, 2.05) is 53.1 Å². The summed E-state index contributed by atoms with van der Waals surface area (Å²) in [6.45, 7) is 3.43. The molecule has 3 aliphatic heterocycles. The predicted molar refractivity (Wildman–Crippen MR) is 159 cm³/mol. The number of aromatic nitrogens is 1. The number of amides is 1. The minimum atomic E-state index is -0.201. The van der Waals surface area contributed by atoms with Crippen LogP contribution < -0.4 is 0 Å². The summed E-state index contributed by atoms with van der Waals surface area (Å²) in [4.78, 5) is 31.5. The SMILES string of the molecule is COC(=O)CCC[C@@H]1[C@H]2CCCN3CCC[C@@H](CN1C(=O)c1cc4ccc(Cl)cc4n1Cc1ccccc1C#N)[C@@H]23. The lowest BCUT2D eigenvalue weighted by molar-refractivity contribution is -0.140. The van der Waals surface area contributed by atoms with Crippen LogP contribution >= 0.6 is 11.6 Å². The van der Waals surface area contributed by atoms with Crippen LogP contribution in [-0.4, -0.2) is 65.1 Å². The molecule has 0 radical (unpaired) electrons. The van der Waals surface area contributed by atoms with E-state index in [9.17, 15) is 14.9 Å². The molecule has 41 heavy (non-hydrogen) atoms. The summed E-state index contributed by atoms with van der Waals surface area (Å²) >= 11 is 6.44. The van der Waals surface area contributed by atoms with Gasteiger partial charge < -0.3 is 14.2 Å². The van der Waals surface area contributed by atoms with Gasteiger partial charge in [0.05, 0.1) is 24.3 Å². The molecule has 2 aromatic carbocycles. The Labute approximate surface area is 246 Å². The van der Waals surface area contributed by atoms with Crippen molar-refractivity contribution in [3.05, 3.63) is 70.4 Å². The van der Waals surface area contributed by atoms with E-state index < -0.39 is 0 Å². The summed E-state index contributed by atoms with van der Waals surface area (Å²) in [5, 5.41) is 11.3. The Bertz CT molecular complexity index is 1490. The Morgan fingerprint density at radius 1 is 1.10 bits per heavy atom. The van der Waals surface area contributed by atoms with E-state index in [1.165, 1.54) is 13.5 Å². The van der Waals surface area contributed by atoms with E-state index in [0.29, 0.717) is 53.5 Å². The first-order valence-corrected chi connectivity index (χ1v) is 15.2. The van der Waals surface area contributed by atoms with E-state index in [-0.39, 0.29) is 17.9 Å². The van der Waals surface area contributed by atoms with Crippen LogP contribution in [0.4, 0.5) is 0 Å². The maximum atomic E-state index is 14.7. The number of hydrogen-bond acceptors (Lipinski definition) is 5. The predicted octanol–water partition coefficient (Wildman–Crippen LogP) is 5.87. The van der Waals surface area contributed by atoms with Crippen molar-refractivity contribution in [3.63, 3.8) is 0 Å². The lowest BCUT2D eigenvalue weighted by atomic mass is 9.69. The van der Waals surface area contributed by atoms with Gasteiger partial charge in [0.15, 0.2) is 0 Å². The standard InChI is InChI=1S/C33H37ClN4O3/c1-41-31(39)12-4-11-28-27-10-6-16-36-15-5-9-25(32(27)36)21-38(28)33(40)30-17-22-13-14-26(34)18-29(22)37(30)20-24-8-3-2-7-23(24)19-35/h2-3,7-8,13-14,17-18,25,27-28,32H,4-6,9-12,15-16,20-21H2,1H3/t25-,27+,28+,32-/m0/s1. The molecule has 3 aliphatic rings. The fourth-order valence-electron chi connectivity index (χ4n) is 7.82. The molecular formula is C33H37ClN4O3. The molecule has 7 nitrogen and oxygen atoms in total. The topological polar surface area (TPSA) is 78.6 Å². The maximum Gasteiger partial charge on any atom is 0.305 e. The highest BCUT2D eigenvalue weighted by Crippen LogP contribution is 2.44. The first-order valence-electron chi connectivity index (χ1n) is 14.9. The maximum absolute atomic E-state index is 14.7. The molecule has 0 bridgehead atoms. The number of benzene rings is 2. The Hall–Kier alpha value is -3.34. The summed E-state index contributed by atoms with van der Waals surface area (Å²) in [7, 11) is 1.43. The number of ether oxygens (including phenoxy) is 1. The Kier molecular flexibility index (Phi) is 8.05. The number of carbonyl (C=O) groups is 2. The van der Waals surface area contributed by atoms with Crippen molar-refractivity contribution in [1.29, 1.82) is 5.26 Å². The number of methoxy groups -OCH3 is 1. The van der Waals surface area contributed by atoms with Gasteiger partial charge in [-0.3, -0.25) is 14.5 Å². The number of nitrogens with zero attached hydrogens (tertiary/aromatic N) is 4. The largest absolute Gasteiger partial charge is 0.469 e. The molecular weight excluding hydrogens is 536 g/mol.